The van der Waals surface area contributed by atoms with Crippen molar-refractivity contribution in [1.29, 1.82) is 5.41 Å². The molecular weight excluding hydrogens is 114 g/mol. The summed E-state index contributed by atoms with van der Waals surface area (Å²) in [6.45, 7) is 1.94. The van der Waals surface area contributed by atoms with Crippen molar-refractivity contribution in [2.75, 3.05) is 0 Å². The smallest absolute Gasteiger partial charge is 0.105 e. The molecule has 0 fully saturated rings. The maximum atomic E-state index is 6.90. The van der Waals surface area contributed by atoms with Gasteiger partial charge in [0, 0.05) is 19.5 Å². The van der Waals surface area contributed by atoms with Gasteiger partial charge >= 0.3 is 0 Å². The Morgan fingerprint density at radius 2 is 2.44 bits per heavy atom. The molecule has 1 aromatic heterocycles. The minimum atomic E-state index is 0.748. The largest absolute Gasteiger partial charge is 0.306 e. The molecule has 0 amide bonds. The van der Waals surface area contributed by atoms with Gasteiger partial charge in [-0.3, -0.25) is 4.68 Å². The maximum absolute atomic E-state index is 6.90. The van der Waals surface area contributed by atoms with Gasteiger partial charge in [0.15, 0.2) is 0 Å². The van der Waals surface area contributed by atoms with Gasteiger partial charge in [0.2, 0.25) is 0 Å². The van der Waals surface area contributed by atoms with Gasteiger partial charge in [0.25, 0.3) is 0 Å². The molecule has 0 unspecified atom stereocenters. The summed E-state index contributed by atoms with van der Waals surface area (Å²) in [5.74, 6) is 0. The molecule has 0 aliphatic heterocycles. The normalized spacial score (nSPS) is 9.56. The molecule has 0 aromatic carbocycles. The molecular formula is C6H9N3. The van der Waals surface area contributed by atoms with Gasteiger partial charge in [-0.1, -0.05) is 0 Å². The number of hydrogen-bond donors (Lipinski definition) is 1. The van der Waals surface area contributed by atoms with Crippen LogP contribution in [0.4, 0.5) is 0 Å². The van der Waals surface area contributed by atoms with Gasteiger partial charge in [-0.15, -0.1) is 0 Å². The van der Waals surface area contributed by atoms with E-state index in [0.29, 0.717) is 0 Å². The fraction of sp³-hybridized carbons (Fsp3) is 0.333. The molecule has 0 radical (unpaired) electrons. The van der Waals surface area contributed by atoms with Crippen molar-refractivity contribution in [3.8, 4) is 0 Å². The molecule has 0 saturated carbocycles. The van der Waals surface area contributed by atoms with Crippen LogP contribution in [0.3, 0.4) is 0 Å². The van der Waals surface area contributed by atoms with Crippen LogP contribution in [-0.2, 0) is 7.05 Å². The number of aryl methyl sites for hydroxylation is 2. The lowest BCUT2D eigenvalue weighted by Crippen LogP contribution is -1.88. The van der Waals surface area contributed by atoms with E-state index < -0.39 is 0 Å². The Labute approximate surface area is 53.8 Å². The molecule has 3 heteroatoms. The highest BCUT2D eigenvalue weighted by Crippen LogP contribution is 1.98. The molecule has 48 valence electrons. The summed E-state index contributed by atoms with van der Waals surface area (Å²) in [6, 6.07) is 0. The Kier molecular flexibility index (Phi) is 1.34. The molecule has 0 aliphatic rings. The average molecular weight is 123 g/mol. The van der Waals surface area contributed by atoms with Gasteiger partial charge in [0.05, 0.1) is 0 Å². The van der Waals surface area contributed by atoms with Crippen LogP contribution in [0.1, 0.15) is 11.3 Å². The molecule has 0 saturated heterocycles. The predicted molar refractivity (Wildman–Crippen MR) is 35.8 cm³/mol. The van der Waals surface area contributed by atoms with Gasteiger partial charge in [-0.2, -0.15) is 5.10 Å². The van der Waals surface area contributed by atoms with E-state index in [4.69, 9.17) is 5.41 Å². The molecule has 1 N–H and O–H groups in total. The summed E-state index contributed by atoms with van der Waals surface area (Å²) in [6.07, 6.45) is 3.15. The van der Waals surface area contributed by atoms with Crippen LogP contribution in [0.5, 0.6) is 0 Å². The molecule has 1 heterocycles. The van der Waals surface area contributed by atoms with Crippen molar-refractivity contribution in [3.05, 3.63) is 17.5 Å². The van der Waals surface area contributed by atoms with Crippen molar-refractivity contribution in [2.24, 2.45) is 7.05 Å². The van der Waals surface area contributed by atoms with Crippen LogP contribution in [-0.4, -0.2) is 16.0 Å². The second-order valence-electron chi connectivity index (χ2n) is 2.02. The third kappa shape index (κ3) is 0.988. The molecule has 0 atom stereocenters. The number of hydrogen-bond acceptors (Lipinski definition) is 2. The quantitative estimate of drug-likeness (QED) is 0.549. The van der Waals surface area contributed by atoms with E-state index in [1.54, 1.807) is 4.68 Å². The Morgan fingerprint density at radius 1 is 1.78 bits per heavy atom. The highest BCUT2D eigenvalue weighted by Gasteiger charge is 1.96. The SMILES string of the molecule is Cc1cn(C)nc1C=N. The maximum Gasteiger partial charge on any atom is 0.105 e. The second-order valence-corrected chi connectivity index (χ2v) is 2.02. The van der Waals surface area contributed by atoms with E-state index in [-0.39, 0.29) is 0 Å². The minimum Gasteiger partial charge on any atom is -0.306 e. The lowest BCUT2D eigenvalue weighted by Gasteiger charge is -1.80. The first-order valence-electron chi connectivity index (χ1n) is 2.75. The Bertz CT molecular complexity index is 224. The minimum absolute atomic E-state index is 0.748. The number of rotatable bonds is 1. The van der Waals surface area contributed by atoms with E-state index in [1.165, 1.54) is 6.21 Å². The van der Waals surface area contributed by atoms with Crippen LogP contribution in [0.2, 0.25) is 0 Å². The van der Waals surface area contributed by atoms with Gasteiger partial charge in [0.1, 0.15) is 5.69 Å². The first-order valence-corrected chi connectivity index (χ1v) is 2.75. The van der Waals surface area contributed by atoms with E-state index in [9.17, 15) is 0 Å². The van der Waals surface area contributed by atoms with Crippen molar-refractivity contribution in [1.82, 2.24) is 9.78 Å². The van der Waals surface area contributed by atoms with Crippen molar-refractivity contribution in [2.45, 2.75) is 6.92 Å². The molecule has 1 aromatic rings. The predicted octanol–water partition coefficient (Wildman–Crippen LogP) is 0.726. The van der Waals surface area contributed by atoms with Gasteiger partial charge in [-0.05, 0) is 12.5 Å². The summed E-state index contributed by atoms with van der Waals surface area (Å²) in [5.41, 5.74) is 1.80. The standard InChI is InChI=1S/C6H9N3/c1-5-4-9(2)8-6(5)3-7/h3-4,7H,1-2H3. The summed E-state index contributed by atoms with van der Waals surface area (Å²) in [4.78, 5) is 0. The van der Waals surface area contributed by atoms with E-state index in [2.05, 4.69) is 5.10 Å². The van der Waals surface area contributed by atoms with E-state index in [0.717, 1.165) is 11.3 Å². The molecule has 0 bridgehead atoms. The van der Waals surface area contributed by atoms with Crippen LogP contribution in [0.15, 0.2) is 6.20 Å². The molecule has 0 spiro atoms. The lowest BCUT2D eigenvalue weighted by molar-refractivity contribution is 0.765. The van der Waals surface area contributed by atoms with Crippen molar-refractivity contribution in [3.63, 3.8) is 0 Å². The molecule has 0 aliphatic carbocycles. The first kappa shape index (κ1) is 6.01. The lowest BCUT2D eigenvalue weighted by atomic mass is 10.3. The van der Waals surface area contributed by atoms with Crippen LogP contribution >= 0.6 is 0 Å². The second kappa shape index (κ2) is 2.01. The first-order chi connectivity index (χ1) is 4.24. The summed E-state index contributed by atoms with van der Waals surface area (Å²) in [7, 11) is 1.85. The van der Waals surface area contributed by atoms with Crippen LogP contribution in [0.25, 0.3) is 0 Å². The summed E-state index contributed by atoms with van der Waals surface area (Å²) >= 11 is 0. The highest BCUT2D eigenvalue weighted by atomic mass is 15.2. The van der Waals surface area contributed by atoms with Crippen molar-refractivity contribution < 1.29 is 0 Å². The average Bonchev–Trinajstić information content (AvgIpc) is 2.10. The number of aromatic nitrogens is 2. The van der Waals surface area contributed by atoms with E-state index in [1.807, 2.05) is 20.2 Å². The third-order valence-electron chi connectivity index (χ3n) is 1.19. The number of nitrogens with zero attached hydrogens (tertiary/aromatic N) is 2. The van der Waals surface area contributed by atoms with Gasteiger partial charge < -0.3 is 5.41 Å². The molecule has 1 rings (SSSR count). The van der Waals surface area contributed by atoms with E-state index >= 15 is 0 Å². The topological polar surface area (TPSA) is 41.7 Å². The number of nitrogens with one attached hydrogen (secondary N) is 1. The van der Waals surface area contributed by atoms with Gasteiger partial charge in [-0.25, -0.2) is 0 Å². The summed E-state index contributed by atoms with van der Waals surface area (Å²) in [5, 5.41) is 10.9. The molecule has 9 heavy (non-hydrogen) atoms. The van der Waals surface area contributed by atoms with Crippen LogP contribution in [0, 0.1) is 12.3 Å². The van der Waals surface area contributed by atoms with Crippen LogP contribution < -0.4 is 0 Å². The molecule has 3 nitrogen and oxygen atoms in total. The fourth-order valence-electron chi connectivity index (χ4n) is 0.767. The summed E-state index contributed by atoms with van der Waals surface area (Å²) < 4.78 is 1.70. The zero-order chi connectivity index (χ0) is 6.85. The fourth-order valence-corrected chi connectivity index (χ4v) is 0.767. The Morgan fingerprint density at radius 3 is 2.67 bits per heavy atom. The van der Waals surface area contributed by atoms with Crippen molar-refractivity contribution >= 4 is 6.21 Å². The third-order valence-corrected chi connectivity index (χ3v) is 1.19. The zero-order valence-corrected chi connectivity index (χ0v) is 5.55. The zero-order valence-electron chi connectivity index (χ0n) is 5.55. The Hall–Kier alpha value is -1.12. The highest BCUT2D eigenvalue weighted by molar-refractivity contribution is 5.75. The monoisotopic (exact) mass is 123 g/mol. The Balaban J connectivity index is 3.15.